The van der Waals surface area contributed by atoms with Crippen molar-refractivity contribution in [1.29, 1.82) is 0 Å². The van der Waals surface area contributed by atoms with Gasteiger partial charge >= 0.3 is 6.09 Å². The van der Waals surface area contributed by atoms with Crippen molar-refractivity contribution in [2.75, 3.05) is 13.7 Å². The molecule has 1 atom stereocenters. The largest absolute Gasteiger partial charge is 0.444 e. The summed E-state index contributed by atoms with van der Waals surface area (Å²) in [5.74, 6) is -0.356. The van der Waals surface area contributed by atoms with Crippen LogP contribution in [0, 0.1) is 0 Å². The molecule has 0 fully saturated rings. The maximum Gasteiger partial charge on any atom is 0.408 e. The molecular weight excluding hydrogens is 334 g/mol. The van der Waals surface area contributed by atoms with Gasteiger partial charge in [-0.05, 0) is 32.4 Å². The zero-order chi connectivity index (χ0) is 19.2. The molecule has 1 aromatic heterocycles. The first kappa shape index (κ1) is 19.7. The fraction of sp³-hybridized carbons (Fsp3) is 0.421. The molecule has 7 nitrogen and oxygen atoms in total. The monoisotopic (exact) mass is 359 g/mol. The van der Waals surface area contributed by atoms with E-state index in [9.17, 15) is 9.59 Å². The Morgan fingerprint density at radius 2 is 1.92 bits per heavy atom. The van der Waals surface area contributed by atoms with E-state index in [0.717, 1.165) is 16.5 Å². The van der Waals surface area contributed by atoms with Crippen molar-refractivity contribution in [2.45, 2.75) is 39.0 Å². The molecule has 1 aromatic carbocycles. The summed E-state index contributed by atoms with van der Waals surface area (Å²) in [5.41, 5.74) is 1.08. The Morgan fingerprint density at radius 3 is 2.62 bits per heavy atom. The standard InChI is InChI=1S/C19H25N3O4/c1-19(2,3)26-18(24)22-15(12-25-4)17(23)21-11-14-8-5-7-13-9-6-10-20-16(13)14/h5-10,15H,11-12H2,1-4H3,(H,21,23)(H,22,24)/t15-/m0/s1. The molecule has 140 valence electrons. The summed E-state index contributed by atoms with van der Waals surface area (Å²) < 4.78 is 10.2. The molecule has 0 aliphatic carbocycles. The normalized spacial score (nSPS) is 12.5. The molecule has 0 saturated heterocycles. The minimum Gasteiger partial charge on any atom is -0.444 e. The molecule has 0 bridgehead atoms. The minimum absolute atomic E-state index is 0.0405. The molecule has 0 aliphatic heterocycles. The smallest absolute Gasteiger partial charge is 0.408 e. The van der Waals surface area contributed by atoms with Gasteiger partial charge in [0.15, 0.2) is 0 Å². The lowest BCUT2D eigenvalue weighted by Gasteiger charge is -2.23. The maximum absolute atomic E-state index is 12.5. The number of para-hydroxylation sites is 1. The second-order valence-corrected chi connectivity index (χ2v) is 6.86. The number of fused-ring (bicyclic) bond motifs is 1. The van der Waals surface area contributed by atoms with E-state index >= 15 is 0 Å². The highest BCUT2D eigenvalue weighted by Gasteiger charge is 2.24. The zero-order valence-electron chi connectivity index (χ0n) is 15.5. The highest BCUT2D eigenvalue weighted by Crippen LogP contribution is 2.15. The number of carbonyl (C=O) groups excluding carboxylic acids is 2. The molecule has 0 unspecified atom stereocenters. The van der Waals surface area contributed by atoms with Crippen LogP contribution in [0.1, 0.15) is 26.3 Å². The van der Waals surface area contributed by atoms with Crippen LogP contribution in [0.15, 0.2) is 36.5 Å². The fourth-order valence-corrected chi connectivity index (χ4v) is 2.41. The Balaban J connectivity index is 2.01. The van der Waals surface area contributed by atoms with Gasteiger partial charge in [0.2, 0.25) is 5.91 Å². The lowest BCUT2D eigenvalue weighted by Crippen LogP contribution is -2.50. The number of hydrogen-bond acceptors (Lipinski definition) is 5. The zero-order valence-corrected chi connectivity index (χ0v) is 15.5. The number of rotatable bonds is 6. The van der Waals surface area contributed by atoms with Gasteiger partial charge in [0.1, 0.15) is 11.6 Å². The van der Waals surface area contributed by atoms with E-state index in [1.165, 1.54) is 7.11 Å². The average molecular weight is 359 g/mol. The Kier molecular flexibility index (Phi) is 6.52. The first-order valence-electron chi connectivity index (χ1n) is 8.39. The van der Waals surface area contributed by atoms with E-state index in [0.29, 0.717) is 6.54 Å². The number of nitrogens with one attached hydrogen (secondary N) is 2. The minimum atomic E-state index is -0.849. The molecule has 1 heterocycles. The summed E-state index contributed by atoms with van der Waals surface area (Å²) in [6.45, 7) is 5.60. The van der Waals surface area contributed by atoms with Crippen LogP contribution < -0.4 is 10.6 Å². The number of methoxy groups -OCH3 is 1. The van der Waals surface area contributed by atoms with Crippen molar-refractivity contribution in [2.24, 2.45) is 0 Å². The molecule has 2 N–H and O–H groups in total. The van der Waals surface area contributed by atoms with Gasteiger partial charge < -0.3 is 20.1 Å². The predicted molar refractivity (Wildman–Crippen MR) is 98.6 cm³/mol. The maximum atomic E-state index is 12.5. The van der Waals surface area contributed by atoms with Crippen molar-refractivity contribution < 1.29 is 19.1 Å². The quantitative estimate of drug-likeness (QED) is 0.827. The van der Waals surface area contributed by atoms with Crippen molar-refractivity contribution in [3.8, 4) is 0 Å². The highest BCUT2D eigenvalue weighted by molar-refractivity contribution is 5.86. The third-order valence-electron chi connectivity index (χ3n) is 3.51. The molecule has 0 radical (unpaired) electrons. The van der Waals surface area contributed by atoms with Crippen molar-refractivity contribution in [3.63, 3.8) is 0 Å². The Morgan fingerprint density at radius 1 is 1.19 bits per heavy atom. The van der Waals surface area contributed by atoms with E-state index < -0.39 is 17.7 Å². The molecule has 0 spiro atoms. The topological polar surface area (TPSA) is 89.5 Å². The van der Waals surface area contributed by atoms with Gasteiger partial charge in [-0.1, -0.05) is 24.3 Å². The lowest BCUT2D eigenvalue weighted by molar-refractivity contribution is -0.124. The Hall–Kier alpha value is -2.67. The number of aromatic nitrogens is 1. The van der Waals surface area contributed by atoms with E-state index in [1.54, 1.807) is 27.0 Å². The molecule has 0 aliphatic rings. The van der Waals surface area contributed by atoms with E-state index in [-0.39, 0.29) is 12.5 Å². The van der Waals surface area contributed by atoms with Crippen LogP contribution in [0.25, 0.3) is 10.9 Å². The number of benzene rings is 1. The van der Waals surface area contributed by atoms with Gasteiger partial charge in [0.25, 0.3) is 0 Å². The first-order valence-corrected chi connectivity index (χ1v) is 8.39. The third-order valence-corrected chi connectivity index (χ3v) is 3.51. The number of nitrogens with zero attached hydrogens (tertiary/aromatic N) is 1. The third kappa shape index (κ3) is 5.70. The van der Waals surface area contributed by atoms with E-state index in [4.69, 9.17) is 9.47 Å². The van der Waals surface area contributed by atoms with Gasteiger partial charge in [-0.15, -0.1) is 0 Å². The number of alkyl carbamates (subject to hydrolysis) is 1. The summed E-state index contributed by atoms with van der Waals surface area (Å²) in [6, 6.07) is 8.76. The molecular formula is C19H25N3O4. The summed E-state index contributed by atoms with van der Waals surface area (Å²) in [6.07, 6.45) is 1.05. The fourth-order valence-electron chi connectivity index (χ4n) is 2.41. The molecule has 2 rings (SSSR count). The van der Waals surface area contributed by atoms with Crippen LogP contribution in [0.3, 0.4) is 0 Å². The van der Waals surface area contributed by atoms with Crippen molar-refractivity contribution in [3.05, 3.63) is 42.1 Å². The van der Waals surface area contributed by atoms with Crippen LogP contribution in [-0.2, 0) is 20.8 Å². The number of carbonyl (C=O) groups is 2. The molecule has 26 heavy (non-hydrogen) atoms. The van der Waals surface area contributed by atoms with Crippen LogP contribution in [0.4, 0.5) is 4.79 Å². The van der Waals surface area contributed by atoms with E-state index in [2.05, 4.69) is 15.6 Å². The van der Waals surface area contributed by atoms with Crippen LogP contribution in [0.2, 0.25) is 0 Å². The second kappa shape index (κ2) is 8.62. The SMILES string of the molecule is COC[C@H](NC(=O)OC(C)(C)C)C(=O)NCc1cccc2cccnc12. The van der Waals surface area contributed by atoms with Gasteiger partial charge in [-0.2, -0.15) is 0 Å². The number of hydrogen-bond donors (Lipinski definition) is 2. The van der Waals surface area contributed by atoms with Crippen LogP contribution >= 0.6 is 0 Å². The predicted octanol–water partition coefficient (Wildman–Crippen LogP) is 2.39. The Bertz CT molecular complexity index is 765. The lowest BCUT2D eigenvalue weighted by atomic mass is 10.1. The summed E-state index contributed by atoms with van der Waals surface area (Å²) in [7, 11) is 1.46. The molecule has 7 heteroatoms. The van der Waals surface area contributed by atoms with Gasteiger partial charge in [-0.25, -0.2) is 4.79 Å². The van der Waals surface area contributed by atoms with Gasteiger partial charge in [-0.3, -0.25) is 9.78 Å². The Labute approximate surface area is 153 Å². The average Bonchev–Trinajstić information content (AvgIpc) is 2.57. The first-order chi connectivity index (χ1) is 12.3. The summed E-state index contributed by atoms with van der Waals surface area (Å²) in [5, 5.41) is 6.35. The van der Waals surface area contributed by atoms with E-state index in [1.807, 2.05) is 30.3 Å². The highest BCUT2D eigenvalue weighted by atomic mass is 16.6. The summed E-state index contributed by atoms with van der Waals surface area (Å²) >= 11 is 0. The van der Waals surface area contributed by atoms with Gasteiger partial charge in [0, 0.05) is 25.2 Å². The number of ether oxygens (including phenoxy) is 2. The van der Waals surface area contributed by atoms with Gasteiger partial charge in [0.05, 0.1) is 12.1 Å². The number of amides is 2. The molecule has 2 amide bonds. The second-order valence-electron chi connectivity index (χ2n) is 6.86. The summed E-state index contributed by atoms with van der Waals surface area (Å²) in [4.78, 5) is 28.7. The van der Waals surface area contributed by atoms with Crippen molar-refractivity contribution in [1.82, 2.24) is 15.6 Å². The number of pyridine rings is 1. The van der Waals surface area contributed by atoms with Crippen molar-refractivity contribution >= 4 is 22.9 Å². The van der Waals surface area contributed by atoms with Crippen LogP contribution in [0.5, 0.6) is 0 Å². The molecule has 2 aromatic rings. The molecule has 0 saturated carbocycles. The van der Waals surface area contributed by atoms with Crippen LogP contribution in [-0.4, -0.2) is 42.3 Å².